The molecule has 7 nitrogen and oxygen atoms in total. The number of piperidine rings is 1. The molecule has 1 saturated heterocycles. The fraction of sp³-hybridized carbons (Fsp3) is 0.316. The highest BCUT2D eigenvalue weighted by atomic mass is 32.1. The maximum atomic E-state index is 12.7. The smallest absolute Gasteiger partial charge is 0.289 e. The van der Waals surface area contributed by atoms with Crippen molar-refractivity contribution < 1.29 is 18.7 Å². The summed E-state index contributed by atoms with van der Waals surface area (Å²) in [4.78, 5) is 31.3. The molecule has 0 radical (unpaired) electrons. The van der Waals surface area contributed by atoms with E-state index in [0.717, 1.165) is 28.8 Å². The van der Waals surface area contributed by atoms with Crippen molar-refractivity contribution in [3.63, 3.8) is 0 Å². The highest BCUT2D eigenvalue weighted by Gasteiger charge is 2.30. The summed E-state index contributed by atoms with van der Waals surface area (Å²) >= 11 is 1.41. The number of ether oxygens (including phenoxy) is 1. The van der Waals surface area contributed by atoms with Gasteiger partial charge in [0.25, 0.3) is 5.91 Å². The van der Waals surface area contributed by atoms with E-state index in [1.807, 2.05) is 18.2 Å². The van der Waals surface area contributed by atoms with Gasteiger partial charge in [-0.15, -0.1) is 0 Å². The van der Waals surface area contributed by atoms with Gasteiger partial charge < -0.3 is 19.4 Å². The van der Waals surface area contributed by atoms with E-state index >= 15 is 0 Å². The lowest BCUT2D eigenvalue weighted by molar-refractivity contribution is -0.121. The number of thiazole rings is 1. The summed E-state index contributed by atoms with van der Waals surface area (Å²) in [5.74, 6) is 0.501. The third-order valence-corrected chi connectivity index (χ3v) is 5.57. The second-order valence-electron chi connectivity index (χ2n) is 6.41. The first kappa shape index (κ1) is 17.5. The number of methoxy groups -OCH3 is 1. The molecule has 1 atom stereocenters. The van der Waals surface area contributed by atoms with Gasteiger partial charge in [-0.1, -0.05) is 11.3 Å². The summed E-state index contributed by atoms with van der Waals surface area (Å²) in [6.45, 7) is 1.01. The van der Waals surface area contributed by atoms with E-state index in [0.29, 0.717) is 24.0 Å². The topological polar surface area (TPSA) is 84.7 Å². The molecule has 1 N–H and O–H groups in total. The number of anilines is 1. The fourth-order valence-electron chi connectivity index (χ4n) is 3.22. The molecule has 1 aliphatic rings. The predicted octanol–water partition coefficient (Wildman–Crippen LogP) is 3.39. The van der Waals surface area contributed by atoms with Crippen LogP contribution < -0.4 is 10.1 Å². The number of hydrogen-bond acceptors (Lipinski definition) is 6. The van der Waals surface area contributed by atoms with Gasteiger partial charge in [0.1, 0.15) is 5.75 Å². The quantitative estimate of drug-likeness (QED) is 0.744. The van der Waals surface area contributed by atoms with E-state index < -0.39 is 0 Å². The first-order valence-corrected chi connectivity index (χ1v) is 9.54. The summed E-state index contributed by atoms with van der Waals surface area (Å²) in [7, 11) is 1.61. The Kier molecular flexibility index (Phi) is 4.81. The van der Waals surface area contributed by atoms with Crippen LogP contribution in [0.1, 0.15) is 23.4 Å². The fourth-order valence-corrected chi connectivity index (χ4v) is 4.12. The van der Waals surface area contributed by atoms with Crippen LogP contribution in [-0.2, 0) is 4.79 Å². The van der Waals surface area contributed by atoms with Gasteiger partial charge in [-0.05, 0) is 43.2 Å². The molecular formula is C19H19N3O4S. The molecule has 0 saturated carbocycles. The minimum Gasteiger partial charge on any atom is -0.497 e. The maximum Gasteiger partial charge on any atom is 0.289 e. The highest BCUT2D eigenvalue weighted by Crippen LogP contribution is 2.30. The zero-order valence-electron chi connectivity index (χ0n) is 14.8. The third-order valence-electron chi connectivity index (χ3n) is 4.64. The Labute approximate surface area is 159 Å². The van der Waals surface area contributed by atoms with Crippen molar-refractivity contribution >= 4 is 38.5 Å². The van der Waals surface area contributed by atoms with E-state index in [9.17, 15) is 9.59 Å². The largest absolute Gasteiger partial charge is 0.497 e. The number of carbonyl (C=O) groups is 2. The van der Waals surface area contributed by atoms with Crippen LogP contribution in [0.15, 0.2) is 41.0 Å². The lowest BCUT2D eigenvalue weighted by Crippen LogP contribution is -2.43. The second-order valence-corrected chi connectivity index (χ2v) is 7.44. The molecule has 8 heteroatoms. The lowest BCUT2D eigenvalue weighted by atomic mass is 9.97. The zero-order chi connectivity index (χ0) is 18.8. The van der Waals surface area contributed by atoms with Crippen LogP contribution in [0.2, 0.25) is 0 Å². The average molecular weight is 385 g/mol. The van der Waals surface area contributed by atoms with Gasteiger partial charge in [-0.25, -0.2) is 4.98 Å². The van der Waals surface area contributed by atoms with Crippen LogP contribution in [0, 0.1) is 5.92 Å². The number of likely N-dealkylation sites (tertiary alicyclic amines) is 1. The number of nitrogens with zero attached hydrogens (tertiary/aromatic N) is 2. The van der Waals surface area contributed by atoms with E-state index in [-0.39, 0.29) is 17.7 Å². The summed E-state index contributed by atoms with van der Waals surface area (Å²) in [6, 6.07) is 8.93. The van der Waals surface area contributed by atoms with Crippen molar-refractivity contribution in [1.29, 1.82) is 0 Å². The molecule has 2 amide bonds. The zero-order valence-corrected chi connectivity index (χ0v) is 15.6. The summed E-state index contributed by atoms with van der Waals surface area (Å²) in [5, 5.41) is 3.45. The van der Waals surface area contributed by atoms with Gasteiger partial charge in [0, 0.05) is 13.1 Å². The van der Waals surface area contributed by atoms with Gasteiger partial charge in [0.05, 0.1) is 29.5 Å². The predicted molar refractivity (Wildman–Crippen MR) is 102 cm³/mol. The lowest BCUT2D eigenvalue weighted by Gasteiger charge is -2.31. The van der Waals surface area contributed by atoms with E-state index in [1.165, 1.54) is 17.6 Å². The molecule has 0 unspecified atom stereocenters. The normalized spacial score (nSPS) is 17.1. The van der Waals surface area contributed by atoms with Crippen molar-refractivity contribution in [2.75, 3.05) is 25.5 Å². The minimum atomic E-state index is -0.265. The highest BCUT2D eigenvalue weighted by molar-refractivity contribution is 7.22. The number of rotatable bonds is 4. The number of benzene rings is 1. The van der Waals surface area contributed by atoms with E-state index in [1.54, 1.807) is 24.1 Å². The molecule has 1 aromatic carbocycles. The molecule has 0 bridgehead atoms. The van der Waals surface area contributed by atoms with Gasteiger partial charge in [0.15, 0.2) is 10.9 Å². The molecule has 4 rings (SSSR count). The molecule has 0 spiro atoms. The van der Waals surface area contributed by atoms with Gasteiger partial charge in [0.2, 0.25) is 5.91 Å². The van der Waals surface area contributed by atoms with Crippen LogP contribution in [0.25, 0.3) is 10.2 Å². The average Bonchev–Trinajstić information content (AvgIpc) is 3.36. The molecular weight excluding hydrogens is 366 g/mol. The Morgan fingerprint density at radius 2 is 2.26 bits per heavy atom. The SMILES string of the molecule is COc1ccc2nc(NC(=O)[C@H]3CCCN(C(=O)c4ccco4)C3)sc2c1. The summed E-state index contributed by atoms with van der Waals surface area (Å²) in [5.41, 5.74) is 0.814. The minimum absolute atomic E-state index is 0.113. The number of aromatic nitrogens is 1. The van der Waals surface area contributed by atoms with Gasteiger partial charge in [-0.2, -0.15) is 0 Å². The molecule has 27 heavy (non-hydrogen) atoms. The molecule has 3 aromatic rings. The first-order chi connectivity index (χ1) is 13.1. The van der Waals surface area contributed by atoms with Crippen molar-refractivity contribution in [3.05, 3.63) is 42.4 Å². The van der Waals surface area contributed by atoms with Crippen LogP contribution >= 0.6 is 11.3 Å². The van der Waals surface area contributed by atoms with Crippen LogP contribution in [0.5, 0.6) is 5.75 Å². The Morgan fingerprint density at radius 1 is 1.37 bits per heavy atom. The van der Waals surface area contributed by atoms with E-state index in [2.05, 4.69) is 10.3 Å². The van der Waals surface area contributed by atoms with Gasteiger partial charge >= 0.3 is 0 Å². The molecule has 1 fully saturated rings. The Bertz CT molecular complexity index is 967. The van der Waals surface area contributed by atoms with Crippen LogP contribution in [0.4, 0.5) is 5.13 Å². The molecule has 3 heterocycles. The van der Waals surface area contributed by atoms with Crippen molar-refractivity contribution in [2.24, 2.45) is 5.92 Å². The maximum absolute atomic E-state index is 12.7. The number of carbonyl (C=O) groups excluding carboxylic acids is 2. The number of hydrogen-bond donors (Lipinski definition) is 1. The standard InChI is InChI=1S/C19H19N3O4S/c1-25-13-6-7-14-16(10-13)27-19(20-14)21-17(23)12-4-2-8-22(11-12)18(24)15-5-3-9-26-15/h3,5-7,9-10,12H,2,4,8,11H2,1H3,(H,20,21,23)/t12-/m0/s1. The van der Waals surface area contributed by atoms with Crippen LogP contribution in [0.3, 0.4) is 0 Å². The second kappa shape index (κ2) is 7.40. The first-order valence-electron chi connectivity index (χ1n) is 8.72. The van der Waals surface area contributed by atoms with Gasteiger partial charge in [-0.3, -0.25) is 9.59 Å². The number of furan rings is 1. The van der Waals surface area contributed by atoms with Crippen LogP contribution in [-0.4, -0.2) is 41.9 Å². The monoisotopic (exact) mass is 385 g/mol. The van der Waals surface area contributed by atoms with E-state index in [4.69, 9.17) is 9.15 Å². The summed E-state index contributed by atoms with van der Waals surface area (Å²) in [6.07, 6.45) is 3.00. The Balaban J connectivity index is 1.44. The number of amides is 2. The molecule has 140 valence electrons. The Morgan fingerprint density at radius 3 is 3.04 bits per heavy atom. The number of fused-ring (bicyclic) bond motifs is 1. The number of nitrogens with one attached hydrogen (secondary N) is 1. The van der Waals surface area contributed by atoms with Crippen molar-refractivity contribution in [1.82, 2.24) is 9.88 Å². The third kappa shape index (κ3) is 3.66. The molecule has 2 aromatic heterocycles. The molecule has 0 aliphatic carbocycles. The van der Waals surface area contributed by atoms with Crippen molar-refractivity contribution in [3.8, 4) is 5.75 Å². The van der Waals surface area contributed by atoms with Crippen molar-refractivity contribution in [2.45, 2.75) is 12.8 Å². The molecule has 1 aliphatic heterocycles. The summed E-state index contributed by atoms with van der Waals surface area (Å²) < 4.78 is 11.3. The Hall–Kier alpha value is -2.87.